The van der Waals surface area contributed by atoms with Crippen molar-refractivity contribution in [3.63, 3.8) is 0 Å². The summed E-state index contributed by atoms with van der Waals surface area (Å²) in [6.07, 6.45) is -0.102. The van der Waals surface area contributed by atoms with Crippen LogP contribution in [0.1, 0.15) is 5.56 Å². The monoisotopic (exact) mass is 215 g/mol. The highest BCUT2D eigenvalue weighted by Crippen LogP contribution is 2.15. The number of carboxylic acids is 1. The van der Waals surface area contributed by atoms with Gasteiger partial charge in [0.15, 0.2) is 11.6 Å². The number of rotatable bonds is 4. The zero-order valence-electron chi connectivity index (χ0n) is 7.91. The fraction of sp³-hybridized carbons (Fsp3) is 0.300. The van der Waals surface area contributed by atoms with E-state index in [9.17, 15) is 13.6 Å². The van der Waals surface area contributed by atoms with Gasteiger partial charge < -0.3 is 10.8 Å². The molecule has 0 spiro atoms. The molecule has 0 aliphatic rings. The van der Waals surface area contributed by atoms with E-state index in [2.05, 4.69) is 0 Å². The van der Waals surface area contributed by atoms with E-state index in [4.69, 9.17) is 10.8 Å². The van der Waals surface area contributed by atoms with Crippen molar-refractivity contribution in [3.8, 4) is 0 Å². The third-order valence-electron chi connectivity index (χ3n) is 2.13. The quantitative estimate of drug-likeness (QED) is 0.792. The predicted molar refractivity (Wildman–Crippen MR) is 50.2 cm³/mol. The van der Waals surface area contributed by atoms with Gasteiger partial charge in [-0.25, -0.2) is 8.78 Å². The fourth-order valence-corrected chi connectivity index (χ4v) is 1.24. The molecule has 0 aromatic heterocycles. The lowest BCUT2D eigenvalue weighted by Crippen LogP contribution is -2.25. The molecule has 1 aromatic carbocycles. The Hall–Kier alpha value is -1.49. The summed E-state index contributed by atoms with van der Waals surface area (Å²) < 4.78 is 25.9. The molecule has 0 aliphatic carbocycles. The molecule has 0 saturated carbocycles. The summed E-state index contributed by atoms with van der Waals surface area (Å²) >= 11 is 0. The lowest BCUT2D eigenvalue weighted by molar-refractivity contribution is -0.141. The number of aliphatic carboxylic acids is 1. The second kappa shape index (κ2) is 4.84. The summed E-state index contributed by atoms with van der Waals surface area (Å²) in [5.74, 6) is -3.98. The third kappa shape index (κ3) is 2.73. The van der Waals surface area contributed by atoms with Crippen molar-refractivity contribution in [1.29, 1.82) is 0 Å². The van der Waals surface area contributed by atoms with E-state index in [1.807, 2.05) is 0 Å². The molecule has 0 unspecified atom stereocenters. The topological polar surface area (TPSA) is 63.3 Å². The van der Waals surface area contributed by atoms with Crippen LogP contribution in [0.5, 0.6) is 0 Å². The molecule has 0 aliphatic heterocycles. The minimum absolute atomic E-state index is 0.0350. The van der Waals surface area contributed by atoms with E-state index in [1.165, 1.54) is 12.1 Å². The van der Waals surface area contributed by atoms with E-state index in [1.54, 1.807) is 0 Å². The molecule has 3 nitrogen and oxygen atoms in total. The Morgan fingerprint density at radius 1 is 1.47 bits per heavy atom. The van der Waals surface area contributed by atoms with Crippen LogP contribution in [0.25, 0.3) is 0 Å². The van der Waals surface area contributed by atoms with Gasteiger partial charge in [0.1, 0.15) is 0 Å². The average molecular weight is 215 g/mol. The van der Waals surface area contributed by atoms with Crippen LogP contribution in [0.3, 0.4) is 0 Å². The molecule has 5 heteroatoms. The van der Waals surface area contributed by atoms with Crippen molar-refractivity contribution in [2.75, 3.05) is 6.54 Å². The molecule has 0 fully saturated rings. The van der Waals surface area contributed by atoms with Gasteiger partial charge in [0.25, 0.3) is 0 Å². The standard InChI is InChI=1S/C10H11F2NO2/c11-8-3-1-2-6(9(8)12)4-7(5-13)10(14)15/h1-3,7H,4-5,13H2,(H,14,15)/t7-/m1/s1. The minimum atomic E-state index is -1.11. The van der Waals surface area contributed by atoms with Crippen molar-refractivity contribution in [1.82, 2.24) is 0 Å². The molecule has 0 amide bonds. The first kappa shape index (κ1) is 11.6. The van der Waals surface area contributed by atoms with Crippen molar-refractivity contribution in [2.24, 2.45) is 11.7 Å². The lowest BCUT2D eigenvalue weighted by atomic mass is 9.99. The van der Waals surface area contributed by atoms with Gasteiger partial charge >= 0.3 is 5.97 Å². The lowest BCUT2D eigenvalue weighted by Gasteiger charge is -2.10. The van der Waals surface area contributed by atoms with Crippen LogP contribution >= 0.6 is 0 Å². The van der Waals surface area contributed by atoms with E-state index >= 15 is 0 Å². The van der Waals surface area contributed by atoms with Crippen LogP contribution in [0, 0.1) is 17.6 Å². The molecule has 0 radical (unpaired) electrons. The van der Waals surface area contributed by atoms with Gasteiger partial charge in [-0.2, -0.15) is 0 Å². The second-order valence-electron chi connectivity index (χ2n) is 3.19. The first-order chi connectivity index (χ1) is 7.06. The van der Waals surface area contributed by atoms with Crippen LogP contribution in [-0.4, -0.2) is 17.6 Å². The molecule has 1 aromatic rings. The molecule has 0 heterocycles. The van der Waals surface area contributed by atoms with Crippen LogP contribution < -0.4 is 5.73 Å². The van der Waals surface area contributed by atoms with Crippen molar-refractivity contribution in [3.05, 3.63) is 35.4 Å². The fourth-order valence-electron chi connectivity index (χ4n) is 1.24. The Morgan fingerprint density at radius 3 is 2.67 bits per heavy atom. The highest BCUT2D eigenvalue weighted by atomic mass is 19.2. The number of carbonyl (C=O) groups is 1. The van der Waals surface area contributed by atoms with Crippen LogP contribution in [-0.2, 0) is 11.2 Å². The zero-order chi connectivity index (χ0) is 11.4. The van der Waals surface area contributed by atoms with Crippen molar-refractivity contribution in [2.45, 2.75) is 6.42 Å². The van der Waals surface area contributed by atoms with Gasteiger partial charge in [-0.1, -0.05) is 12.1 Å². The average Bonchev–Trinajstić information content (AvgIpc) is 2.19. The molecule has 3 N–H and O–H groups in total. The summed E-state index contributed by atoms with van der Waals surface area (Å²) in [5.41, 5.74) is 5.25. The summed E-state index contributed by atoms with van der Waals surface area (Å²) in [7, 11) is 0. The minimum Gasteiger partial charge on any atom is -0.481 e. The number of hydrogen-bond acceptors (Lipinski definition) is 2. The molecule has 1 rings (SSSR count). The van der Waals surface area contributed by atoms with Crippen LogP contribution in [0.2, 0.25) is 0 Å². The van der Waals surface area contributed by atoms with E-state index in [0.29, 0.717) is 0 Å². The summed E-state index contributed by atoms with van der Waals surface area (Å²) in [5, 5.41) is 8.70. The summed E-state index contributed by atoms with van der Waals surface area (Å²) in [6, 6.07) is 3.67. The Morgan fingerprint density at radius 2 is 2.13 bits per heavy atom. The highest BCUT2D eigenvalue weighted by Gasteiger charge is 2.18. The number of nitrogens with two attached hydrogens (primary N) is 1. The van der Waals surface area contributed by atoms with E-state index in [-0.39, 0.29) is 18.5 Å². The maximum atomic E-state index is 13.2. The second-order valence-corrected chi connectivity index (χ2v) is 3.19. The summed E-state index contributed by atoms with van der Waals surface area (Å²) in [4.78, 5) is 10.6. The van der Waals surface area contributed by atoms with Crippen molar-refractivity contribution < 1.29 is 18.7 Å². The highest BCUT2D eigenvalue weighted by molar-refractivity contribution is 5.70. The predicted octanol–water partition coefficient (Wildman–Crippen LogP) is 1.17. The van der Waals surface area contributed by atoms with Crippen LogP contribution in [0.4, 0.5) is 8.78 Å². The van der Waals surface area contributed by atoms with E-state index < -0.39 is 23.5 Å². The first-order valence-corrected chi connectivity index (χ1v) is 4.42. The van der Waals surface area contributed by atoms with Gasteiger partial charge in [-0.3, -0.25) is 4.79 Å². The molecular weight excluding hydrogens is 204 g/mol. The van der Waals surface area contributed by atoms with Gasteiger partial charge in [0.05, 0.1) is 5.92 Å². The zero-order valence-corrected chi connectivity index (χ0v) is 7.91. The number of carboxylic acid groups (broad SMARTS) is 1. The maximum absolute atomic E-state index is 13.2. The third-order valence-corrected chi connectivity index (χ3v) is 2.13. The molecule has 82 valence electrons. The Labute approximate surface area is 85.5 Å². The molecule has 15 heavy (non-hydrogen) atoms. The largest absolute Gasteiger partial charge is 0.481 e. The first-order valence-electron chi connectivity index (χ1n) is 4.42. The SMILES string of the molecule is NC[C@@H](Cc1cccc(F)c1F)C(=O)O. The maximum Gasteiger partial charge on any atom is 0.308 e. The van der Waals surface area contributed by atoms with Gasteiger partial charge in [-0.05, 0) is 18.1 Å². The molecule has 0 saturated heterocycles. The van der Waals surface area contributed by atoms with Crippen LogP contribution in [0.15, 0.2) is 18.2 Å². The van der Waals surface area contributed by atoms with E-state index in [0.717, 1.165) is 6.07 Å². The Balaban J connectivity index is 2.88. The summed E-state index contributed by atoms with van der Waals surface area (Å²) in [6.45, 7) is -0.106. The Bertz CT molecular complexity index is 368. The van der Waals surface area contributed by atoms with Crippen molar-refractivity contribution >= 4 is 5.97 Å². The molecule has 0 bridgehead atoms. The molecular formula is C10H11F2NO2. The van der Waals surface area contributed by atoms with Gasteiger partial charge in [-0.15, -0.1) is 0 Å². The normalized spacial score (nSPS) is 12.5. The van der Waals surface area contributed by atoms with Gasteiger partial charge in [0.2, 0.25) is 0 Å². The number of halogens is 2. The number of benzene rings is 1. The van der Waals surface area contributed by atoms with Gasteiger partial charge in [0, 0.05) is 6.54 Å². The Kier molecular flexibility index (Phi) is 3.74. The number of hydrogen-bond donors (Lipinski definition) is 2. The molecule has 1 atom stereocenters. The smallest absolute Gasteiger partial charge is 0.308 e.